The van der Waals surface area contributed by atoms with Crippen LogP contribution in [0.5, 0.6) is 0 Å². The average Bonchev–Trinajstić information content (AvgIpc) is 2.88. The third kappa shape index (κ3) is 2.68. The van der Waals surface area contributed by atoms with E-state index in [0.29, 0.717) is 5.82 Å². The Morgan fingerprint density at radius 3 is 2.59 bits per heavy atom. The molecule has 1 fully saturated rings. The van der Waals surface area contributed by atoms with Gasteiger partial charge < -0.3 is 10.3 Å². The van der Waals surface area contributed by atoms with E-state index in [2.05, 4.69) is 30.9 Å². The Balaban J connectivity index is 2.11. The molecule has 0 aliphatic heterocycles. The molecule has 1 aromatic heterocycles. The highest BCUT2D eigenvalue weighted by atomic mass is 16.5. The molecule has 1 aliphatic carbocycles. The van der Waals surface area contributed by atoms with Crippen LogP contribution in [0.4, 0.5) is 0 Å². The maximum Gasteiger partial charge on any atom is 0.227 e. The van der Waals surface area contributed by atoms with Crippen LogP contribution < -0.4 is 5.73 Å². The lowest BCUT2D eigenvalue weighted by Gasteiger charge is -2.20. The molecule has 1 saturated carbocycles. The first-order chi connectivity index (χ1) is 7.95. The molecule has 0 bridgehead atoms. The van der Waals surface area contributed by atoms with Gasteiger partial charge in [0.05, 0.1) is 5.54 Å². The molecule has 1 aliphatic rings. The minimum absolute atomic E-state index is 0.210. The Morgan fingerprint density at radius 1 is 1.35 bits per heavy atom. The summed E-state index contributed by atoms with van der Waals surface area (Å²) in [6.45, 7) is 6.61. The van der Waals surface area contributed by atoms with Gasteiger partial charge in [0.25, 0.3) is 0 Å². The van der Waals surface area contributed by atoms with Crippen molar-refractivity contribution in [3.63, 3.8) is 0 Å². The van der Waals surface area contributed by atoms with Gasteiger partial charge in [-0.15, -0.1) is 0 Å². The maximum atomic E-state index is 6.30. The van der Waals surface area contributed by atoms with Gasteiger partial charge in [0.2, 0.25) is 5.89 Å². The van der Waals surface area contributed by atoms with Crippen molar-refractivity contribution in [2.75, 3.05) is 0 Å². The van der Waals surface area contributed by atoms with Gasteiger partial charge in [0.15, 0.2) is 5.82 Å². The number of hydrogen-bond donors (Lipinski definition) is 1. The van der Waals surface area contributed by atoms with E-state index in [1.54, 1.807) is 0 Å². The Labute approximate surface area is 103 Å². The zero-order chi connectivity index (χ0) is 12.5. The van der Waals surface area contributed by atoms with Gasteiger partial charge in [-0.1, -0.05) is 45.2 Å². The standard InChI is InChI=1S/C13H23N3O/c1-4-12(2,3)9-10-15-11(16-17-10)13(14)7-5-6-8-13/h4-9,14H2,1-3H3. The van der Waals surface area contributed by atoms with E-state index in [4.69, 9.17) is 10.3 Å². The van der Waals surface area contributed by atoms with Crippen LogP contribution in [-0.4, -0.2) is 10.1 Å². The van der Waals surface area contributed by atoms with Crippen molar-refractivity contribution in [3.8, 4) is 0 Å². The topological polar surface area (TPSA) is 64.9 Å². The highest BCUT2D eigenvalue weighted by Gasteiger charge is 2.36. The molecule has 0 radical (unpaired) electrons. The number of aromatic nitrogens is 2. The van der Waals surface area contributed by atoms with Gasteiger partial charge in [-0.2, -0.15) is 4.98 Å². The summed E-state index contributed by atoms with van der Waals surface area (Å²) in [5, 5.41) is 4.08. The summed E-state index contributed by atoms with van der Waals surface area (Å²) in [6.07, 6.45) is 6.21. The fraction of sp³-hybridized carbons (Fsp3) is 0.846. The van der Waals surface area contributed by atoms with Crippen LogP contribution in [0.15, 0.2) is 4.52 Å². The number of rotatable bonds is 4. The van der Waals surface area contributed by atoms with E-state index < -0.39 is 0 Å². The molecule has 2 N–H and O–H groups in total. The second-order valence-electron chi connectivity index (χ2n) is 6.07. The molecule has 1 heterocycles. The lowest BCUT2D eigenvalue weighted by molar-refractivity contribution is 0.282. The van der Waals surface area contributed by atoms with Crippen molar-refractivity contribution in [3.05, 3.63) is 11.7 Å². The van der Waals surface area contributed by atoms with E-state index in [1.165, 1.54) is 12.8 Å². The van der Waals surface area contributed by atoms with Crippen LogP contribution in [0.1, 0.15) is 64.6 Å². The summed E-state index contributed by atoms with van der Waals surface area (Å²) in [6, 6.07) is 0. The molecule has 0 unspecified atom stereocenters. The van der Waals surface area contributed by atoms with Crippen LogP contribution in [0.25, 0.3) is 0 Å². The normalized spacial score (nSPS) is 19.8. The number of nitrogens with two attached hydrogens (primary N) is 1. The first-order valence-corrected chi connectivity index (χ1v) is 6.57. The summed E-state index contributed by atoms with van der Waals surface area (Å²) < 4.78 is 5.34. The largest absolute Gasteiger partial charge is 0.339 e. The molecule has 0 spiro atoms. The molecule has 0 amide bonds. The smallest absolute Gasteiger partial charge is 0.227 e. The SMILES string of the molecule is CCC(C)(C)Cc1nc(C2(N)CCCC2)no1. The molecular formula is C13H23N3O. The molecule has 1 aromatic rings. The Bertz CT molecular complexity index is 378. The quantitative estimate of drug-likeness (QED) is 0.874. The molecule has 4 heteroatoms. The Kier molecular flexibility index (Phi) is 3.25. The maximum absolute atomic E-state index is 6.30. The predicted molar refractivity (Wildman–Crippen MR) is 66.4 cm³/mol. The second-order valence-corrected chi connectivity index (χ2v) is 6.07. The first-order valence-electron chi connectivity index (χ1n) is 6.57. The first kappa shape index (κ1) is 12.6. The lowest BCUT2D eigenvalue weighted by atomic mass is 9.86. The summed E-state index contributed by atoms with van der Waals surface area (Å²) in [7, 11) is 0. The third-order valence-corrected chi connectivity index (χ3v) is 4.00. The monoisotopic (exact) mass is 237 g/mol. The van der Waals surface area contributed by atoms with Crippen LogP contribution in [0, 0.1) is 5.41 Å². The molecule has 0 aromatic carbocycles. The minimum Gasteiger partial charge on any atom is -0.339 e. The Morgan fingerprint density at radius 2 is 2.00 bits per heavy atom. The molecule has 2 rings (SSSR count). The molecule has 0 atom stereocenters. The van der Waals surface area contributed by atoms with Crippen LogP contribution in [-0.2, 0) is 12.0 Å². The highest BCUT2D eigenvalue weighted by molar-refractivity contribution is 5.06. The fourth-order valence-electron chi connectivity index (χ4n) is 2.29. The fourth-order valence-corrected chi connectivity index (χ4v) is 2.29. The average molecular weight is 237 g/mol. The van der Waals surface area contributed by atoms with Crippen molar-refractivity contribution in [1.29, 1.82) is 0 Å². The number of nitrogens with zero attached hydrogens (tertiary/aromatic N) is 2. The van der Waals surface area contributed by atoms with Gasteiger partial charge in [0.1, 0.15) is 0 Å². The van der Waals surface area contributed by atoms with E-state index >= 15 is 0 Å². The van der Waals surface area contributed by atoms with Gasteiger partial charge in [0, 0.05) is 6.42 Å². The highest BCUT2D eigenvalue weighted by Crippen LogP contribution is 2.35. The summed E-state index contributed by atoms with van der Waals surface area (Å²) in [5.41, 5.74) is 6.18. The third-order valence-electron chi connectivity index (χ3n) is 4.00. The van der Waals surface area contributed by atoms with Crippen molar-refractivity contribution >= 4 is 0 Å². The van der Waals surface area contributed by atoms with E-state index in [9.17, 15) is 0 Å². The van der Waals surface area contributed by atoms with E-state index in [1.807, 2.05) is 0 Å². The lowest BCUT2D eigenvalue weighted by Crippen LogP contribution is -2.34. The van der Waals surface area contributed by atoms with Crippen molar-refractivity contribution < 1.29 is 4.52 Å². The molecule has 0 saturated heterocycles. The molecule has 4 nitrogen and oxygen atoms in total. The van der Waals surface area contributed by atoms with Gasteiger partial charge in [-0.25, -0.2) is 0 Å². The van der Waals surface area contributed by atoms with Crippen LogP contribution >= 0.6 is 0 Å². The summed E-state index contributed by atoms with van der Waals surface area (Å²) in [5.74, 6) is 1.43. The zero-order valence-electron chi connectivity index (χ0n) is 11.1. The second kappa shape index (κ2) is 4.41. The van der Waals surface area contributed by atoms with Gasteiger partial charge >= 0.3 is 0 Å². The molecule has 96 valence electrons. The number of hydrogen-bond acceptors (Lipinski definition) is 4. The van der Waals surface area contributed by atoms with Crippen LogP contribution in [0.3, 0.4) is 0 Å². The predicted octanol–water partition coefficient (Wildman–Crippen LogP) is 2.78. The summed E-state index contributed by atoms with van der Waals surface area (Å²) >= 11 is 0. The van der Waals surface area contributed by atoms with Crippen LogP contribution in [0.2, 0.25) is 0 Å². The van der Waals surface area contributed by atoms with E-state index in [0.717, 1.165) is 31.6 Å². The zero-order valence-corrected chi connectivity index (χ0v) is 11.1. The van der Waals surface area contributed by atoms with Crippen molar-refractivity contribution in [2.45, 2.75) is 64.8 Å². The Hall–Kier alpha value is -0.900. The minimum atomic E-state index is -0.335. The van der Waals surface area contributed by atoms with Gasteiger partial charge in [-0.05, 0) is 18.3 Å². The van der Waals surface area contributed by atoms with Crippen molar-refractivity contribution in [2.24, 2.45) is 11.1 Å². The molecular weight excluding hydrogens is 214 g/mol. The van der Waals surface area contributed by atoms with E-state index in [-0.39, 0.29) is 11.0 Å². The van der Waals surface area contributed by atoms with Crippen molar-refractivity contribution in [1.82, 2.24) is 10.1 Å². The summed E-state index contributed by atoms with van der Waals surface area (Å²) in [4.78, 5) is 4.49. The molecule has 17 heavy (non-hydrogen) atoms. The van der Waals surface area contributed by atoms with Gasteiger partial charge in [-0.3, -0.25) is 0 Å².